The van der Waals surface area contributed by atoms with E-state index in [2.05, 4.69) is 46.1 Å². The first kappa shape index (κ1) is 14.3. The fraction of sp³-hybridized carbons (Fsp3) is 0.235. The molecule has 3 aromatic rings. The molecule has 0 radical (unpaired) electrons. The van der Waals surface area contributed by atoms with Gasteiger partial charge in [-0.1, -0.05) is 0 Å². The maximum Gasteiger partial charge on any atom is 0.248 e. The van der Waals surface area contributed by atoms with Crippen molar-refractivity contribution in [2.24, 2.45) is 0 Å². The van der Waals surface area contributed by atoms with Gasteiger partial charge in [-0.3, -0.25) is 4.98 Å². The van der Waals surface area contributed by atoms with Crippen molar-refractivity contribution in [3.05, 3.63) is 48.8 Å². The lowest BCUT2D eigenvalue weighted by atomic mass is 10.2. The summed E-state index contributed by atoms with van der Waals surface area (Å²) < 4.78 is 5.75. The average molecular weight is 294 g/mol. The highest BCUT2D eigenvalue weighted by molar-refractivity contribution is 5.61. The van der Waals surface area contributed by atoms with Crippen LogP contribution >= 0.6 is 0 Å². The third kappa shape index (κ3) is 2.83. The Morgan fingerprint density at radius 1 is 0.818 bits per heavy atom. The Morgan fingerprint density at radius 2 is 1.36 bits per heavy atom. The molecule has 3 rings (SSSR count). The fourth-order valence-corrected chi connectivity index (χ4v) is 2.35. The Bertz CT molecular complexity index is 718. The van der Waals surface area contributed by atoms with E-state index in [1.807, 2.05) is 24.3 Å². The molecule has 0 aliphatic rings. The van der Waals surface area contributed by atoms with E-state index in [0.717, 1.165) is 24.2 Å². The lowest BCUT2D eigenvalue weighted by Crippen LogP contribution is -2.21. The monoisotopic (exact) mass is 294 g/mol. The fourth-order valence-electron chi connectivity index (χ4n) is 2.35. The number of hydrogen-bond donors (Lipinski definition) is 0. The minimum atomic E-state index is 0.505. The molecule has 0 N–H and O–H groups in total. The van der Waals surface area contributed by atoms with Crippen LogP contribution < -0.4 is 4.90 Å². The third-order valence-electron chi connectivity index (χ3n) is 3.60. The Hall–Kier alpha value is -2.69. The Kier molecular flexibility index (Phi) is 4.14. The molecule has 1 aromatic carbocycles. The van der Waals surface area contributed by atoms with E-state index in [4.69, 9.17) is 4.42 Å². The summed E-state index contributed by atoms with van der Waals surface area (Å²) in [5.41, 5.74) is 2.99. The second kappa shape index (κ2) is 6.39. The molecule has 2 heterocycles. The highest BCUT2D eigenvalue weighted by Gasteiger charge is 2.10. The van der Waals surface area contributed by atoms with Crippen LogP contribution in [0.2, 0.25) is 0 Å². The van der Waals surface area contributed by atoms with Gasteiger partial charge in [0.1, 0.15) is 0 Å². The smallest absolute Gasteiger partial charge is 0.248 e. The van der Waals surface area contributed by atoms with Crippen LogP contribution in [-0.2, 0) is 0 Å². The molecule has 0 fully saturated rings. The van der Waals surface area contributed by atoms with Crippen LogP contribution in [0.25, 0.3) is 22.9 Å². The van der Waals surface area contributed by atoms with Gasteiger partial charge < -0.3 is 9.32 Å². The van der Waals surface area contributed by atoms with E-state index in [1.54, 1.807) is 12.4 Å². The van der Waals surface area contributed by atoms with Gasteiger partial charge in [-0.15, -0.1) is 10.2 Å². The number of pyridine rings is 1. The molecule has 0 saturated carbocycles. The van der Waals surface area contributed by atoms with Gasteiger partial charge in [0.05, 0.1) is 0 Å². The molecule has 0 aliphatic carbocycles. The van der Waals surface area contributed by atoms with Crippen molar-refractivity contribution < 1.29 is 4.42 Å². The van der Waals surface area contributed by atoms with Gasteiger partial charge >= 0.3 is 0 Å². The standard InChI is InChI=1S/C17H18N4O/c1-3-21(4-2)15-7-5-13(6-8-15)16-19-20-17(22-16)14-9-11-18-12-10-14/h5-12H,3-4H2,1-2H3. The van der Waals surface area contributed by atoms with Crippen LogP contribution in [0.5, 0.6) is 0 Å². The zero-order valence-corrected chi connectivity index (χ0v) is 12.7. The molecule has 0 spiro atoms. The molecule has 22 heavy (non-hydrogen) atoms. The van der Waals surface area contributed by atoms with Crippen LogP contribution in [0.3, 0.4) is 0 Å². The lowest BCUT2D eigenvalue weighted by molar-refractivity contribution is 0.584. The zero-order chi connectivity index (χ0) is 15.4. The van der Waals surface area contributed by atoms with Crippen molar-refractivity contribution in [1.82, 2.24) is 15.2 Å². The Balaban J connectivity index is 1.85. The highest BCUT2D eigenvalue weighted by atomic mass is 16.4. The number of aromatic nitrogens is 3. The normalized spacial score (nSPS) is 10.6. The lowest BCUT2D eigenvalue weighted by Gasteiger charge is -2.20. The molecule has 5 nitrogen and oxygen atoms in total. The summed E-state index contributed by atoms with van der Waals surface area (Å²) in [7, 11) is 0. The molecule has 0 bridgehead atoms. The highest BCUT2D eigenvalue weighted by Crippen LogP contribution is 2.25. The Labute approximate surface area is 129 Å². The number of nitrogens with zero attached hydrogens (tertiary/aromatic N) is 4. The molecule has 0 aliphatic heterocycles. The topological polar surface area (TPSA) is 55.1 Å². The molecule has 0 unspecified atom stereocenters. The van der Waals surface area contributed by atoms with Crippen molar-refractivity contribution in [2.45, 2.75) is 13.8 Å². The summed E-state index contributed by atoms with van der Waals surface area (Å²) in [5.74, 6) is 1.03. The van der Waals surface area contributed by atoms with Gasteiger partial charge in [-0.2, -0.15) is 0 Å². The third-order valence-corrected chi connectivity index (χ3v) is 3.60. The molecular formula is C17H18N4O. The number of hydrogen-bond acceptors (Lipinski definition) is 5. The summed E-state index contributed by atoms with van der Waals surface area (Å²) in [6.45, 7) is 6.28. The van der Waals surface area contributed by atoms with E-state index in [-0.39, 0.29) is 0 Å². The quantitative estimate of drug-likeness (QED) is 0.719. The van der Waals surface area contributed by atoms with Crippen LogP contribution in [-0.4, -0.2) is 28.3 Å². The van der Waals surface area contributed by atoms with E-state index >= 15 is 0 Å². The summed E-state index contributed by atoms with van der Waals surface area (Å²) in [5, 5.41) is 8.22. The number of rotatable bonds is 5. The van der Waals surface area contributed by atoms with Crippen LogP contribution in [0.4, 0.5) is 5.69 Å². The SMILES string of the molecule is CCN(CC)c1ccc(-c2nnc(-c3ccncc3)o2)cc1. The van der Waals surface area contributed by atoms with Crippen molar-refractivity contribution in [1.29, 1.82) is 0 Å². The summed E-state index contributed by atoms with van der Waals surface area (Å²) in [4.78, 5) is 6.28. The second-order valence-electron chi connectivity index (χ2n) is 4.87. The van der Waals surface area contributed by atoms with Gasteiger partial charge in [-0.25, -0.2) is 0 Å². The summed E-state index contributed by atoms with van der Waals surface area (Å²) in [6, 6.07) is 11.9. The molecule has 5 heteroatoms. The van der Waals surface area contributed by atoms with Gasteiger partial charge in [0, 0.05) is 42.3 Å². The maximum atomic E-state index is 5.75. The summed E-state index contributed by atoms with van der Waals surface area (Å²) >= 11 is 0. The first-order valence-electron chi connectivity index (χ1n) is 7.41. The van der Waals surface area contributed by atoms with E-state index < -0.39 is 0 Å². The van der Waals surface area contributed by atoms with Crippen molar-refractivity contribution in [3.63, 3.8) is 0 Å². The van der Waals surface area contributed by atoms with Crippen LogP contribution in [0, 0.1) is 0 Å². The first-order chi connectivity index (χ1) is 10.8. The van der Waals surface area contributed by atoms with Crippen LogP contribution in [0.15, 0.2) is 53.2 Å². The van der Waals surface area contributed by atoms with Crippen LogP contribution in [0.1, 0.15) is 13.8 Å². The first-order valence-corrected chi connectivity index (χ1v) is 7.41. The van der Waals surface area contributed by atoms with Gasteiger partial charge in [0.25, 0.3) is 0 Å². The van der Waals surface area contributed by atoms with Gasteiger partial charge in [0.15, 0.2) is 0 Å². The molecule has 0 amide bonds. The minimum Gasteiger partial charge on any atom is -0.416 e. The van der Waals surface area contributed by atoms with Crippen molar-refractivity contribution >= 4 is 5.69 Å². The predicted octanol–water partition coefficient (Wildman–Crippen LogP) is 3.64. The maximum absolute atomic E-state index is 5.75. The molecule has 112 valence electrons. The van der Waals surface area contributed by atoms with Gasteiger partial charge in [-0.05, 0) is 50.2 Å². The predicted molar refractivity (Wildman–Crippen MR) is 86.5 cm³/mol. The largest absolute Gasteiger partial charge is 0.416 e. The minimum absolute atomic E-state index is 0.505. The molecule has 2 aromatic heterocycles. The van der Waals surface area contributed by atoms with E-state index in [1.165, 1.54) is 5.69 Å². The van der Waals surface area contributed by atoms with Crippen molar-refractivity contribution in [3.8, 4) is 22.9 Å². The Morgan fingerprint density at radius 3 is 1.91 bits per heavy atom. The molecule has 0 atom stereocenters. The van der Waals surface area contributed by atoms with E-state index in [0.29, 0.717) is 11.8 Å². The number of anilines is 1. The molecule has 0 saturated heterocycles. The van der Waals surface area contributed by atoms with E-state index in [9.17, 15) is 0 Å². The molecular weight excluding hydrogens is 276 g/mol. The van der Waals surface area contributed by atoms with Gasteiger partial charge in [0.2, 0.25) is 11.8 Å². The average Bonchev–Trinajstić information content (AvgIpc) is 3.07. The zero-order valence-electron chi connectivity index (χ0n) is 12.7. The second-order valence-corrected chi connectivity index (χ2v) is 4.87. The van der Waals surface area contributed by atoms with Crippen molar-refractivity contribution in [2.75, 3.05) is 18.0 Å². The summed E-state index contributed by atoms with van der Waals surface area (Å²) in [6.07, 6.45) is 3.41. The number of benzene rings is 1.